The first-order valence-corrected chi connectivity index (χ1v) is 8.70. The Kier molecular flexibility index (Phi) is 5.44. The van der Waals surface area contributed by atoms with Gasteiger partial charge in [0.1, 0.15) is 23.2 Å². The number of anilines is 1. The van der Waals surface area contributed by atoms with Crippen LogP contribution < -0.4 is 5.32 Å². The van der Waals surface area contributed by atoms with Gasteiger partial charge in [0.05, 0.1) is 0 Å². The Morgan fingerprint density at radius 3 is 2.56 bits per heavy atom. The molecule has 0 aliphatic heterocycles. The van der Waals surface area contributed by atoms with Crippen LogP contribution in [-0.4, -0.2) is 5.91 Å². The van der Waals surface area contributed by atoms with Crippen molar-refractivity contribution in [2.45, 2.75) is 13.8 Å². The highest BCUT2D eigenvalue weighted by molar-refractivity contribution is 6.30. The Morgan fingerprint density at radius 2 is 1.85 bits per heavy atom. The third-order valence-electron chi connectivity index (χ3n) is 4.05. The highest BCUT2D eigenvalue weighted by Gasteiger charge is 2.12. The van der Waals surface area contributed by atoms with Gasteiger partial charge in [-0.25, -0.2) is 0 Å². The molecule has 0 spiro atoms. The Labute approximate surface area is 162 Å². The van der Waals surface area contributed by atoms with Gasteiger partial charge in [-0.15, -0.1) is 0 Å². The molecule has 0 fully saturated rings. The lowest BCUT2D eigenvalue weighted by Gasteiger charge is -2.04. The molecule has 0 bridgehead atoms. The molecule has 0 unspecified atom stereocenters. The first-order valence-electron chi connectivity index (χ1n) is 8.32. The Morgan fingerprint density at radius 1 is 1.11 bits per heavy atom. The molecule has 134 valence electrons. The van der Waals surface area contributed by atoms with Crippen LogP contribution in [-0.2, 0) is 4.79 Å². The Bertz CT molecular complexity index is 1060. The van der Waals surface area contributed by atoms with Crippen LogP contribution in [0.4, 0.5) is 5.69 Å². The molecular weight excluding hydrogens is 360 g/mol. The van der Waals surface area contributed by atoms with Gasteiger partial charge < -0.3 is 9.73 Å². The molecule has 1 heterocycles. The lowest BCUT2D eigenvalue weighted by molar-refractivity contribution is -0.112. The van der Waals surface area contributed by atoms with Crippen LogP contribution in [0, 0.1) is 25.2 Å². The fourth-order valence-corrected chi connectivity index (χ4v) is 2.73. The Hall–Kier alpha value is -3.29. The minimum absolute atomic E-state index is 0.0423. The van der Waals surface area contributed by atoms with Crippen LogP contribution in [0.15, 0.2) is 64.6 Å². The van der Waals surface area contributed by atoms with E-state index in [4.69, 9.17) is 16.0 Å². The summed E-state index contributed by atoms with van der Waals surface area (Å²) in [6.45, 7) is 3.92. The number of halogens is 1. The maximum absolute atomic E-state index is 12.3. The molecule has 27 heavy (non-hydrogen) atoms. The van der Waals surface area contributed by atoms with Crippen LogP contribution in [0.25, 0.3) is 17.4 Å². The third-order valence-corrected chi connectivity index (χ3v) is 4.29. The van der Waals surface area contributed by atoms with Crippen LogP contribution in [0.1, 0.15) is 16.9 Å². The summed E-state index contributed by atoms with van der Waals surface area (Å²) in [5.41, 5.74) is 3.55. The van der Waals surface area contributed by atoms with E-state index in [9.17, 15) is 10.1 Å². The number of carbonyl (C=O) groups is 1. The second-order valence-corrected chi connectivity index (χ2v) is 6.59. The molecule has 3 rings (SSSR count). The normalized spacial score (nSPS) is 11.1. The van der Waals surface area contributed by atoms with E-state index in [1.165, 1.54) is 6.08 Å². The highest BCUT2D eigenvalue weighted by atomic mass is 35.5. The molecule has 0 aliphatic carbocycles. The van der Waals surface area contributed by atoms with Crippen LogP contribution >= 0.6 is 11.6 Å². The number of nitrogens with one attached hydrogen (secondary N) is 1. The molecule has 1 N–H and O–H groups in total. The number of amides is 1. The van der Waals surface area contributed by atoms with Crippen LogP contribution in [0.3, 0.4) is 0 Å². The first-order chi connectivity index (χ1) is 13.0. The van der Waals surface area contributed by atoms with E-state index in [-0.39, 0.29) is 5.57 Å². The second-order valence-electron chi connectivity index (χ2n) is 6.15. The summed E-state index contributed by atoms with van der Waals surface area (Å²) >= 11 is 6.06. The van der Waals surface area contributed by atoms with Crippen molar-refractivity contribution in [3.63, 3.8) is 0 Å². The molecule has 0 atom stereocenters. The minimum atomic E-state index is -0.488. The van der Waals surface area contributed by atoms with E-state index in [0.29, 0.717) is 22.2 Å². The molecule has 4 nitrogen and oxygen atoms in total. The molecule has 1 aromatic heterocycles. The van der Waals surface area contributed by atoms with Gasteiger partial charge in [0.15, 0.2) is 0 Å². The first kappa shape index (κ1) is 18.5. The van der Waals surface area contributed by atoms with Crippen molar-refractivity contribution >= 4 is 29.3 Å². The van der Waals surface area contributed by atoms with Crippen molar-refractivity contribution in [1.29, 1.82) is 5.26 Å². The zero-order valence-corrected chi connectivity index (χ0v) is 15.7. The molecule has 3 aromatic rings. The van der Waals surface area contributed by atoms with Crippen molar-refractivity contribution in [3.05, 3.63) is 82.1 Å². The fourth-order valence-electron chi connectivity index (χ4n) is 2.56. The van der Waals surface area contributed by atoms with E-state index in [0.717, 1.165) is 16.7 Å². The molecule has 0 saturated heterocycles. The van der Waals surface area contributed by atoms with Gasteiger partial charge >= 0.3 is 0 Å². The van der Waals surface area contributed by atoms with Gasteiger partial charge in [-0.2, -0.15) is 5.26 Å². The lowest BCUT2D eigenvalue weighted by atomic mass is 10.1. The molecule has 5 heteroatoms. The average molecular weight is 377 g/mol. The molecule has 1 amide bonds. The van der Waals surface area contributed by atoms with E-state index in [1.54, 1.807) is 24.3 Å². The highest BCUT2D eigenvalue weighted by Crippen LogP contribution is 2.29. The Balaban J connectivity index is 1.83. The van der Waals surface area contributed by atoms with Crippen LogP contribution in [0.2, 0.25) is 5.02 Å². The third kappa shape index (κ3) is 4.46. The summed E-state index contributed by atoms with van der Waals surface area (Å²) in [5.74, 6) is 0.552. The predicted octanol–water partition coefficient (Wildman–Crippen LogP) is 5.76. The minimum Gasteiger partial charge on any atom is -0.457 e. The number of benzene rings is 2. The van der Waals surface area contributed by atoms with Gasteiger partial charge in [-0.3, -0.25) is 4.79 Å². The van der Waals surface area contributed by atoms with Crippen LogP contribution in [0.5, 0.6) is 0 Å². The number of hydrogen-bond donors (Lipinski definition) is 1. The van der Waals surface area contributed by atoms with Crippen molar-refractivity contribution in [1.82, 2.24) is 0 Å². The van der Waals surface area contributed by atoms with Crippen molar-refractivity contribution < 1.29 is 9.21 Å². The summed E-state index contributed by atoms with van der Waals surface area (Å²) in [5, 5.41) is 12.7. The molecule has 2 aromatic carbocycles. The van der Waals surface area contributed by atoms with E-state index in [2.05, 4.69) is 5.32 Å². The van der Waals surface area contributed by atoms with Crippen molar-refractivity contribution in [2.24, 2.45) is 0 Å². The second kappa shape index (κ2) is 7.94. The molecule has 0 aliphatic rings. The predicted molar refractivity (Wildman–Crippen MR) is 107 cm³/mol. The van der Waals surface area contributed by atoms with Crippen molar-refractivity contribution in [3.8, 4) is 17.4 Å². The monoisotopic (exact) mass is 376 g/mol. The number of rotatable bonds is 4. The maximum Gasteiger partial charge on any atom is 0.266 e. The van der Waals surface area contributed by atoms with Crippen molar-refractivity contribution in [2.75, 3.05) is 5.32 Å². The van der Waals surface area contributed by atoms with E-state index in [1.807, 2.05) is 50.2 Å². The number of carbonyl (C=O) groups excluding carboxylic acids is 1. The summed E-state index contributed by atoms with van der Waals surface area (Å²) < 4.78 is 5.79. The van der Waals surface area contributed by atoms with Gasteiger partial charge in [0.25, 0.3) is 5.91 Å². The zero-order valence-electron chi connectivity index (χ0n) is 14.9. The molecule has 0 saturated carbocycles. The number of aryl methyl sites for hydroxylation is 2. The smallest absolute Gasteiger partial charge is 0.266 e. The van der Waals surface area contributed by atoms with E-state index >= 15 is 0 Å². The van der Waals surface area contributed by atoms with Gasteiger partial charge in [0, 0.05) is 22.3 Å². The summed E-state index contributed by atoms with van der Waals surface area (Å²) in [7, 11) is 0. The standard InChI is InChI=1S/C22H17ClN2O2/c1-14-3-7-18(8-4-14)25-22(26)16(13-24)11-19-9-10-21(27-19)20-12-17(23)6-5-15(20)2/h3-12H,1-2H3,(H,25,26)/b16-11-. The maximum atomic E-state index is 12.3. The largest absolute Gasteiger partial charge is 0.457 e. The number of hydrogen-bond acceptors (Lipinski definition) is 3. The summed E-state index contributed by atoms with van der Waals surface area (Å²) in [6.07, 6.45) is 1.42. The average Bonchev–Trinajstić information content (AvgIpc) is 3.12. The number of furan rings is 1. The molecular formula is C22H17ClN2O2. The lowest BCUT2D eigenvalue weighted by Crippen LogP contribution is -2.13. The summed E-state index contributed by atoms with van der Waals surface area (Å²) in [4.78, 5) is 12.3. The number of nitriles is 1. The quantitative estimate of drug-likeness (QED) is 0.464. The summed E-state index contributed by atoms with van der Waals surface area (Å²) in [6, 6.07) is 18.3. The molecule has 0 radical (unpaired) electrons. The van der Waals surface area contributed by atoms with Gasteiger partial charge in [-0.05, 0) is 55.8 Å². The fraction of sp³-hybridized carbons (Fsp3) is 0.0909. The van der Waals surface area contributed by atoms with Gasteiger partial charge in [0.2, 0.25) is 0 Å². The van der Waals surface area contributed by atoms with Gasteiger partial charge in [-0.1, -0.05) is 35.4 Å². The topological polar surface area (TPSA) is 66.0 Å². The van der Waals surface area contributed by atoms with E-state index < -0.39 is 5.91 Å². The number of nitrogens with zero attached hydrogens (tertiary/aromatic N) is 1. The SMILES string of the molecule is Cc1ccc(NC(=O)/C(C#N)=C\c2ccc(-c3cc(Cl)ccc3C)o2)cc1. The zero-order chi connectivity index (χ0) is 19.4.